The van der Waals surface area contributed by atoms with Gasteiger partial charge in [-0.1, -0.05) is 25.6 Å². The molecular formula is C18H32N2O6S. The Labute approximate surface area is 165 Å². The molecule has 1 aliphatic heterocycles. The highest BCUT2D eigenvalue weighted by Gasteiger charge is 2.45. The molecule has 0 bridgehead atoms. The van der Waals surface area contributed by atoms with Gasteiger partial charge in [-0.25, -0.2) is 0 Å². The number of rotatable bonds is 9. The lowest BCUT2D eigenvalue weighted by atomic mass is 9.85. The summed E-state index contributed by atoms with van der Waals surface area (Å²) in [5, 5.41) is 14.4. The molecule has 8 nitrogen and oxygen atoms in total. The zero-order valence-corrected chi connectivity index (χ0v) is 17.6. The van der Waals surface area contributed by atoms with Crippen LogP contribution in [0.1, 0.15) is 47.5 Å². The van der Waals surface area contributed by atoms with E-state index in [1.165, 1.54) is 0 Å². The van der Waals surface area contributed by atoms with E-state index in [0.717, 1.165) is 11.8 Å². The molecule has 0 spiro atoms. The molecule has 0 radical (unpaired) electrons. The van der Waals surface area contributed by atoms with Crippen molar-refractivity contribution in [3.05, 3.63) is 0 Å². The third-order valence-electron chi connectivity index (χ3n) is 3.94. The Hall–Kier alpha value is -1.16. The quantitative estimate of drug-likeness (QED) is 0.488. The number of aliphatic hydroxyl groups is 1. The number of amides is 2. The molecule has 1 saturated heterocycles. The van der Waals surface area contributed by atoms with Gasteiger partial charge in [-0.05, 0) is 20.8 Å². The van der Waals surface area contributed by atoms with E-state index in [4.69, 9.17) is 14.6 Å². The summed E-state index contributed by atoms with van der Waals surface area (Å²) < 4.78 is 11.3. The van der Waals surface area contributed by atoms with Gasteiger partial charge < -0.3 is 25.2 Å². The average Bonchev–Trinajstić information content (AvgIpc) is 2.53. The molecule has 3 N–H and O–H groups in total. The molecule has 0 aromatic carbocycles. The highest BCUT2D eigenvalue weighted by atomic mass is 32.2. The van der Waals surface area contributed by atoms with Gasteiger partial charge in [-0.3, -0.25) is 14.4 Å². The molecule has 2 amide bonds. The standard InChI is InChI=1S/C18H32N2O6S/c1-12(21)10-14(23)27-9-8-19-13(22)6-7-20-16(24)15-17(2,3)11-25-18(4,5)26-15/h12,15,21H,6-11H2,1-5H3,(H,19,22)(H,20,24)/t12-,15-/m0/s1. The largest absolute Gasteiger partial charge is 0.393 e. The van der Waals surface area contributed by atoms with Crippen LogP contribution in [0.2, 0.25) is 0 Å². The summed E-state index contributed by atoms with van der Waals surface area (Å²) in [4.78, 5) is 35.6. The Morgan fingerprint density at radius 2 is 1.85 bits per heavy atom. The molecule has 9 heteroatoms. The lowest BCUT2D eigenvalue weighted by molar-refractivity contribution is -0.304. The van der Waals surface area contributed by atoms with Crippen molar-refractivity contribution < 1.29 is 29.0 Å². The van der Waals surface area contributed by atoms with E-state index in [1.54, 1.807) is 20.8 Å². The van der Waals surface area contributed by atoms with Gasteiger partial charge in [0.05, 0.1) is 12.7 Å². The van der Waals surface area contributed by atoms with Crippen molar-refractivity contribution in [3.63, 3.8) is 0 Å². The van der Waals surface area contributed by atoms with Crippen molar-refractivity contribution in [1.29, 1.82) is 0 Å². The second-order valence-corrected chi connectivity index (χ2v) is 8.99. The number of carbonyl (C=O) groups is 3. The Morgan fingerprint density at radius 3 is 2.48 bits per heavy atom. The summed E-state index contributed by atoms with van der Waals surface area (Å²) in [6.45, 7) is 9.85. The van der Waals surface area contributed by atoms with Crippen molar-refractivity contribution in [1.82, 2.24) is 10.6 Å². The van der Waals surface area contributed by atoms with Crippen molar-refractivity contribution in [2.75, 3.05) is 25.4 Å². The SMILES string of the molecule is C[C@H](O)CC(=O)SCCNC(=O)CCNC(=O)[C@@H]1OC(C)(C)OCC1(C)C. The molecule has 1 fully saturated rings. The fraction of sp³-hybridized carbons (Fsp3) is 0.833. The van der Waals surface area contributed by atoms with E-state index in [-0.39, 0.29) is 36.3 Å². The van der Waals surface area contributed by atoms with Crippen LogP contribution in [0.4, 0.5) is 0 Å². The van der Waals surface area contributed by atoms with E-state index in [9.17, 15) is 14.4 Å². The first kappa shape index (κ1) is 23.9. The second-order valence-electron chi connectivity index (χ2n) is 7.84. The minimum atomic E-state index is -0.822. The van der Waals surface area contributed by atoms with Crippen LogP contribution in [-0.4, -0.2) is 65.5 Å². The number of hydrogen-bond acceptors (Lipinski definition) is 7. The van der Waals surface area contributed by atoms with Gasteiger partial charge in [-0.15, -0.1) is 0 Å². The molecule has 1 aliphatic rings. The number of ether oxygens (including phenoxy) is 2. The van der Waals surface area contributed by atoms with Gasteiger partial charge in [0.2, 0.25) is 11.8 Å². The van der Waals surface area contributed by atoms with Gasteiger partial charge >= 0.3 is 0 Å². The number of carbonyl (C=O) groups excluding carboxylic acids is 3. The third kappa shape index (κ3) is 9.05. The van der Waals surface area contributed by atoms with Gasteiger partial charge in [0.1, 0.15) is 6.10 Å². The predicted octanol–water partition coefficient (Wildman–Crippen LogP) is 0.817. The van der Waals surface area contributed by atoms with E-state index >= 15 is 0 Å². The zero-order valence-electron chi connectivity index (χ0n) is 16.8. The second kappa shape index (κ2) is 10.4. The minimum absolute atomic E-state index is 0.103. The highest BCUT2D eigenvalue weighted by Crippen LogP contribution is 2.34. The van der Waals surface area contributed by atoms with E-state index in [2.05, 4.69) is 10.6 Å². The van der Waals surface area contributed by atoms with Crippen LogP contribution < -0.4 is 10.6 Å². The van der Waals surface area contributed by atoms with Crippen LogP contribution in [-0.2, 0) is 23.9 Å². The lowest BCUT2D eigenvalue weighted by Gasteiger charge is -2.44. The Balaban J connectivity index is 2.25. The van der Waals surface area contributed by atoms with Gasteiger partial charge in [0.25, 0.3) is 0 Å². The minimum Gasteiger partial charge on any atom is -0.393 e. The first-order valence-electron chi connectivity index (χ1n) is 9.13. The number of hydrogen-bond donors (Lipinski definition) is 3. The number of thioether (sulfide) groups is 1. The summed E-state index contributed by atoms with van der Waals surface area (Å²) in [5.41, 5.74) is -0.461. The molecule has 0 saturated carbocycles. The lowest BCUT2D eigenvalue weighted by Crippen LogP contribution is -2.56. The fourth-order valence-corrected chi connectivity index (χ4v) is 3.25. The molecule has 1 rings (SSSR count). The Morgan fingerprint density at radius 1 is 1.19 bits per heavy atom. The van der Waals surface area contributed by atoms with E-state index < -0.39 is 23.4 Å². The summed E-state index contributed by atoms with van der Waals surface area (Å²) in [6, 6.07) is 0. The molecule has 27 heavy (non-hydrogen) atoms. The smallest absolute Gasteiger partial charge is 0.249 e. The highest BCUT2D eigenvalue weighted by molar-refractivity contribution is 8.13. The van der Waals surface area contributed by atoms with Crippen LogP contribution in [0.3, 0.4) is 0 Å². The monoisotopic (exact) mass is 404 g/mol. The van der Waals surface area contributed by atoms with E-state index in [1.807, 2.05) is 13.8 Å². The molecule has 156 valence electrons. The molecular weight excluding hydrogens is 372 g/mol. The summed E-state index contributed by atoms with van der Waals surface area (Å²) >= 11 is 1.08. The molecule has 0 unspecified atom stereocenters. The molecule has 1 heterocycles. The summed E-state index contributed by atoms with van der Waals surface area (Å²) in [5.74, 6) is -0.837. The van der Waals surface area contributed by atoms with Gasteiger partial charge in [-0.2, -0.15) is 0 Å². The average molecular weight is 405 g/mol. The Kier molecular flexibility index (Phi) is 9.20. The van der Waals surface area contributed by atoms with Crippen molar-refractivity contribution in [2.24, 2.45) is 5.41 Å². The zero-order chi connectivity index (χ0) is 20.7. The fourth-order valence-electron chi connectivity index (χ4n) is 2.46. The van der Waals surface area contributed by atoms with Crippen molar-refractivity contribution >= 4 is 28.7 Å². The third-order valence-corrected chi connectivity index (χ3v) is 4.84. The normalized spacial score (nSPS) is 21.9. The maximum absolute atomic E-state index is 12.4. The first-order valence-corrected chi connectivity index (χ1v) is 10.1. The molecule has 0 aromatic rings. The first-order chi connectivity index (χ1) is 12.4. The van der Waals surface area contributed by atoms with Crippen LogP contribution in [0.25, 0.3) is 0 Å². The molecule has 0 aliphatic carbocycles. The summed E-state index contributed by atoms with van der Waals surface area (Å²) in [7, 11) is 0. The van der Waals surface area contributed by atoms with Crippen LogP contribution in [0, 0.1) is 5.41 Å². The van der Waals surface area contributed by atoms with Crippen molar-refractivity contribution in [3.8, 4) is 0 Å². The molecule has 0 aromatic heterocycles. The van der Waals surface area contributed by atoms with Gasteiger partial charge in [0.15, 0.2) is 10.9 Å². The van der Waals surface area contributed by atoms with Crippen LogP contribution >= 0.6 is 11.8 Å². The van der Waals surface area contributed by atoms with E-state index in [0.29, 0.717) is 18.9 Å². The number of aliphatic hydroxyl groups excluding tert-OH is 1. The topological polar surface area (TPSA) is 114 Å². The van der Waals surface area contributed by atoms with Crippen molar-refractivity contribution in [2.45, 2.75) is 65.5 Å². The maximum Gasteiger partial charge on any atom is 0.249 e. The summed E-state index contributed by atoms with van der Waals surface area (Å²) in [6.07, 6.45) is -1.06. The predicted molar refractivity (Wildman–Crippen MR) is 103 cm³/mol. The van der Waals surface area contributed by atoms with Crippen LogP contribution in [0.5, 0.6) is 0 Å². The van der Waals surface area contributed by atoms with Crippen LogP contribution in [0.15, 0.2) is 0 Å². The van der Waals surface area contributed by atoms with Gasteiger partial charge in [0, 0.05) is 37.1 Å². The Bertz CT molecular complexity index is 536. The maximum atomic E-state index is 12.4. The number of nitrogens with one attached hydrogen (secondary N) is 2. The molecule has 2 atom stereocenters.